The third-order valence-corrected chi connectivity index (χ3v) is 3.81. The zero-order valence-electron chi connectivity index (χ0n) is 9.70. The van der Waals surface area contributed by atoms with Gasteiger partial charge in [-0.1, -0.05) is 22.0 Å². The van der Waals surface area contributed by atoms with E-state index >= 15 is 0 Å². The van der Waals surface area contributed by atoms with Crippen LogP contribution in [0, 0.1) is 5.82 Å². The first kappa shape index (κ1) is 14.2. The Morgan fingerprint density at radius 2 is 1.89 bits per heavy atom. The summed E-state index contributed by atoms with van der Waals surface area (Å²) in [6, 6.07) is 9.85. The van der Waals surface area contributed by atoms with Crippen LogP contribution in [0.15, 0.2) is 45.3 Å². The van der Waals surface area contributed by atoms with Gasteiger partial charge in [-0.3, -0.25) is 4.79 Å². The van der Waals surface area contributed by atoms with Crippen molar-refractivity contribution in [2.45, 2.75) is 6.61 Å². The van der Waals surface area contributed by atoms with Crippen molar-refractivity contribution in [3.05, 3.63) is 62.3 Å². The molecule has 19 heavy (non-hydrogen) atoms. The van der Waals surface area contributed by atoms with Crippen LogP contribution in [0.1, 0.15) is 15.9 Å². The first-order valence-corrected chi connectivity index (χ1v) is 7.00. The minimum absolute atomic E-state index is 0.304. The van der Waals surface area contributed by atoms with Crippen LogP contribution in [0.2, 0.25) is 0 Å². The average molecular weight is 388 g/mol. The maximum absolute atomic E-state index is 13.1. The number of carbonyl (C=O) groups excluding carboxylic acids is 1. The van der Waals surface area contributed by atoms with Gasteiger partial charge in [0, 0.05) is 10.0 Å². The van der Waals surface area contributed by atoms with Crippen LogP contribution in [0.4, 0.5) is 4.39 Å². The van der Waals surface area contributed by atoms with Gasteiger partial charge in [0.25, 0.3) is 0 Å². The maximum Gasteiger partial charge on any atom is 0.151 e. The Kier molecular flexibility index (Phi) is 4.71. The van der Waals surface area contributed by atoms with Crippen LogP contribution >= 0.6 is 31.9 Å². The lowest BCUT2D eigenvalue weighted by Crippen LogP contribution is -1.97. The molecular weight excluding hydrogens is 379 g/mol. The molecule has 0 aliphatic rings. The van der Waals surface area contributed by atoms with Crippen molar-refractivity contribution in [3.63, 3.8) is 0 Å². The number of hydrogen-bond donors (Lipinski definition) is 0. The number of carbonyl (C=O) groups is 1. The molecule has 0 atom stereocenters. The number of benzene rings is 2. The summed E-state index contributed by atoms with van der Waals surface area (Å²) in [5.74, 6) is 0.279. The SMILES string of the molecule is O=Cc1cc(OCc2ccc(F)c(Br)c2)ccc1Br. The summed E-state index contributed by atoms with van der Waals surface area (Å²) < 4.78 is 19.8. The Balaban J connectivity index is 2.09. The summed E-state index contributed by atoms with van der Waals surface area (Å²) in [4.78, 5) is 10.8. The molecule has 0 unspecified atom stereocenters. The Labute approximate surface area is 126 Å². The molecule has 5 heteroatoms. The van der Waals surface area contributed by atoms with Crippen molar-refractivity contribution >= 4 is 38.1 Å². The molecule has 0 N–H and O–H groups in total. The lowest BCUT2D eigenvalue weighted by molar-refractivity contribution is 0.112. The fourth-order valence-electron chi connectivity index (χ4n) is 1.50. The van der Waals surface area contributed by atoms with Gasteiger partial charge in [0.2, 0.25) is 0 Å². The molecular formula is C14H9Br2FO2. The highest BCUT2D eigenvalue weighted by molar-refractivity contribution is 9.10. The van der Waals surface area contributed by atoms with E-state index in [1.54, 1.807) is 30.3 Å². The third-order valence-electron chi connectivity index (χ3n) is 2.48. The minimum Gasteiger partial charge on any atom is -0.489 e. The topological polar surface area (TPSA) is 26.3 Å². The van der Waals surface area contributed by atoms with Gasteiger partial charge in [0.05, 0.1) is 4.47 Å². The van der Waals surface area contributed by atoms with Crippen LogP contribution in [0.25, 0.3) is 0 Å². The van der Waals surface area contributed by atoms with Gasteiger partial charge in [0.15, 0.2) is 6.29 Å². The van der Waals surface area contributed by atoms with E-state index in [9.17, 15) is 9.18 Å². The molecule has 0 radical (unpaired) electrons. The molecule has 2 rings (SSSR count). The highest BCUT2D eigenvalue weighted by atomic mass is 79.9. The molecule has 0 aliphatic carbocycles. The van der Waals surface area contributed by atoms with Gasteiger partial charge in [-0.25, -0.2) is 4.39 Å². The standard InChI is InChI=1S/C14H9Br2FO2/c15-12-3-2-11(6-10(12)7-18)19-8-9-1-4-14(17)13(16)5-9/h1-7H,8H2. The van der Waals surface area contributed by atoms with E-state index in [-0.39, 0.29) is 5.82 Å². The second kappa shape index (κ2) is 6.30. The van der Waals surface area contributed by atoms with E-state index in [0.29, 0.717) is 22.4 Å². The van der Waals surface area contributed by atoms with Crippen molar-refractivity contribution < 1.29 is 13.9 Å². The number of rotatable bonds is 4. The van der Waals surface area contributed by atoms with Crippen molar-refractivity contribution in [2.75, 3.05) is 0 Å². The normalized spacial score (nSPS) is 10.3. The Morgan fingerprint density at radius 1 is 1.11 bits per heavy atom. The van der Waals surface area contributed by atoms with Gasteiger partial charge in [-0.15, -0.1) is 0 Å². The van der Waals surface area contributed by atoms with Crippen LogP contribution in [-0.2, 0) is 6.61 Å². The fourth-order valence-corrected chi connectivity index (χ4v) is 2.26. The molecule has 98 valence electrons. The van der Waals surface area contributed by atoms with E-state index in [2.05, 4.69) is 31.9 Å². The second-order valence-corrected chi connectivity index (χ2v) is 5.55. The maximum atomic E-state index is 13.1. The molecule has 0 amide bonds. The molecule has 0 spiro atoms. The molecule has 0 bridgehead atoms. The number of ether oxygens (including phenoxy) is 1. The van der Waals surface area contributed by atoms with Crippen molar-refractivity contribution in [2.24, 2.45) is 0 Å². The van der Waals surface area contributed by atoms with E-state index in [4.69, 9.17) is 4.74 Å². The predicted molar refractivity (Wildman–Crippen MR) is 78.0 cm³/mol. The number of halogens is 3. The highest BCUT2D eigenvalue weighted by Gasteiger charge is 2.04. The lowest BCUT2D eigenvalue weighted by atomic mass is 10.2. The fraction of sp³-hybridized carbons (Fsp3) is 0.0714. The summed E-state index contributed by atoms with van der Waals surface area (Å²) in [5.41, 5.74) is 1.36. The largest absolute Gasteiger partial charge is 0.489 e. The van der Waals surface area contributed by atoms with Crippen LogP contribution in [0.3, 0.4) is 0 Å². The quantitative estimate of drug-likeness (QED) is 0.708. The Bertz CT molecular complexity index is 614. The smallest absolute Gasteiger partial charge is 0.151 e. The minimum atomic E-state index is -0.310. The van der Waals surface area contributed by atoms with Gasteiger partial charge >= 0.3 is 0 Å². The zero-order valence-corrected chi connectivity index (χ0v) is 12.9. The van der Waals surface area contributed by atoms with Crippen LogP contribution in [-0.4, -0.2) is 6.29 Å². The predicted octanol–water partition coefficient (Wildman–Crippen LogP) is 4.74. The molecule has 0 saturated carbocycles. The van der Waals surface area contributed by atoms with E-state index in [1.807, 2.05) is 0 Å². The highest BCUT2D eigenvalue weighted by Crippen LogP contribution is 2.23. The molecule has 2 nitrogen and oxygen atoms in total. The second-order valence-electron chi connectivity index (χ2n) is 3.84. The zero-order chi connectivity index (χ0) is 13.8. The molecule has 2 aromatic rings. The van der Waals surface area contributed by atoms with Gasteiger partial charge in [0.1, 0.15) is 18.2 Å². The third kappa shape index (κ3) is 3.64. The van der Waals surface area contributed by atoms with Gasteiger partial charge in [-0.2, -0.15) is 0 Å². The number of aldehydes is 1. The summed E-state index contributed by atoms with van der Waals surface area (Å²) in [7, 11) is 0. The molecule has 0 aliphatic heterocycles. The Morgan fingerprint density at radius 3 is 2.58 bits per heavy atom. The van der Waals surface area contributed by atoms with E-state index in [1.165, 1.54) is 6.07 Å². The summed E-state index contributed by atoms with van der Waals surface area (Å²) >= 11 is 6.39. The van der Waals surface area contributed by atoms with E-state index < -0.39 is 0 Å². The lowest BCUT2D eigenvalue weighted by Gasteiger charge is -2.08. The van der Waals surface area contributed by atoms with Crippen molar-refractivity contribution in [1.82, 2.24) is 0 Å². The van der Waals surface area contributed by atoms with Crippen LogP contribution in [0.5, 0.6) is 5.75 Å². The van der Waals surface area contributed by atoms with E-state index in [0.717, 1.165) is 16.3 Å². The van der Waals surface area contributed by atoms with Crippen molar-refractivity contribution in [1.29, 1.82) is 0 Å². The molecule has 0 saturated heterocycles. The van der Waals surface area contributed by atoms with Crippen molar-refractivity contribution in [3.8, 4) is 5.75 Å². The Hall–Kier alpha value is -1.20. The first-order chi connectivity index (χ1) is 9.10. The summed E-state index contributed by atoms with van der Waals surface area (Å²) in [5, 5.41) is 0. The summed E-state index contributed by atoms with van der Waals surface area (Å²) in [6.45, 7) is 0.304. The summed E-state index contributed by atoms with van der Waals surface area (Å²) in [6.07, 6.45) is 0.755. The molecule has 0 fully saturated rings. The first-order valence-electron chi connectivity index (χ1n) is 5.41. The monoisotopic (exact) mass is 386 g/mol. The average Bonchev–Trinajstić information content (AvgIpc) is 2.41. The van der Waals surface area contributed by atoms with Gasteiger partial charge in [-0.05, 0) is 51.8 Å². The molecule has 2 aromatic carbocycles. The van der Waals surface area contributed by atoms with Gasteiger partial charge < -0.3 is 4.74 Å². The van der Waals surface area contributed by atoms with Crippen LogP contribution < -0.4 is 4.74 Å². The molecule has 0 aromatic heterocycles. The molecule has 0 heterocycles. The number of hydrogen-bond acceptors (Lipinski definition) is 2.